The molecule has 266 valence electrons. The molecule has 2 aromatic heterocycles. The molecule has 2 heterocycles. The molecule has 0 aliphatic carbocycles. The van der Waals surface area contributed by atoms with Crippen molar-refractivity contribution in [2.24, 2.45) is 0 Å². The Hall–Kier alpha value is -7.20. The Morgan fingerprint density at radius 1 is 0.351 bits per heavy atom. The van der Waals surface area contributed by atoms with E-state index in [-0.39, 0.29) is 0 Å². The summed E-state index contributed by atoms with van der Waals surface area (Å²) in [7, 11) is 0. The number of fused-ring (bicyclic) bond motifs is 10. The number of anilines is 3. The van der Waals surface area contributed by atoms with Crippen molar-refractivity contribution in [3.05, 3.63) is 206 Å². The summed E-state index contributed by atoms with van der Waals surface area (Å²) in [6.07, 6.45) is 0. The minimum absolute atomic E-state index is 1.11. The van der Waals surface area contributed by atoms with Crippen LogP contribution in [-0.2, 0) is 0 Å². The van der Waals surface area contributed by atoms with E-state index in [9.17, 15) is 0 Å². The van der Waals surface area contributed by atoms with Crippen LogP contribution in [0.5, 0.6) is 0 Å². The van der Waals surface area contributed by atoms with Gasteiger partial charge in [0.25, 0.3) is 0 Å². The van der Waals surface area contributed by atoms with E-state index in [4.69, 9.17) is 0 Å². The second kappa shape index (κ2) is 12.7. The van der Waals surface area contributed by atoms with Crippen LogP contribution in [0.3, 0.4) is 0 Å². The zero-order chi connectivity index (χ0) is 37.5. The van der Waals surface area contributed by atoms with Crippen molar-refractivity contribution in [3.8, 4) is 16.8 Å². The third-order valence-electron chi connectivity index (χ3n) is 11.7. The lowest BCUT2D eigenvalue weighted by Crippen LogP contribution is -2.10. The van der Waals surface area contributed by atoms with Crippen LogP contribution in [-0.4, -0.2) is 4.57 Å². The van der Waals surface area contributed by atoms with Gasteiger partial charge in [0.2, 0.25) is 0 Å². The van der Waals surface area contributed by atoms with Gasteiger partial charge in [-0.2, -0.15) is 0 Å². The Morgan fingerprint density at radius 3 is 1.81 bits per heavy atom. The summed E-state index contributed by atoms with van der Waals surface area (Å²) in [4.78, 5) is 2.46. The Morgan fingerprint density at radius 2 is 0.982 bits per heavy atom. The number of thiophene rings is 1. The Kier molecular flexibility index (Phi) is 7.13. The molecule has 0 aliphatic heterocycles. The van der Waals surface area contributed by atoms with E-state index in [2.05, 4.69) is 216 Å². The SMILES string of the molecule is c1ccc(-c2cc(N(c3ccc4c(c3)sc3cc5ccccc5cc34)c3ccc4c(c3)c3ccc5ccccc5c3n4-c3ccccc3)cc3ccccc23)cc1. The smallest absolute Gasteiger partial charge is 0.0619 e. The average Bonchev–Trinajstić information content (AvgIpc) is 3.80. The van der Waals surface area contributed by atoms with Crippen molar-refractivity contribution >= 4 is 103 Å². The molecule has 0 atom stereocenters. The van der Waals surface area contributed by atoms with E-state index in [0.717, 1.165) is 22.7 Å². The summed E-state index contributed by atoms with van der Waals surface area (Å²) >= 11 is 1.88. The molecule has 0 radical (unpaired) electrons. The van der Waals surface area contributed by atoms with Crippen LogP contribution in [0.4, 0.5) is 17.1 Å². The summed E-state index contributed by atoms with van der Waals surface area (Å²) in [6.45, 7) is 0. The number of hydrogen-bond acceptors (Lipinski definition) is 2. The van der Waals surface area contributed by atoms with Crippen LogP contribution in [0, 0.1) is 0 Å². The molecule has 0 aliphatic rings. The molecule has 0 N–H and O–H groups in total. The molecule has 10 aromatic carbocycles. The predicted octanol–water partition coefficient (Wildman–Crippen LogP) is 15.7. The number of aromatic nitrogens is 1. The Labute approximate surface area is 333 Å². The van der Waals surface area contributed by atoms with E-state index in [1.54, 1.807) is 0 Å². The van der Waals surface area contributed by atoms with Crippen LogP contribution in [0.25, 0.3) is 91.1 Å². The fourth-order valence-electron chi connectivity index (χ4n) is 9.07. The molecular weight excluding hydrogens is 709 g/mol. The topological polar surface area (TPSA) is 8.17 Å². The number of nitrogens with zero attached hydrogens (tertiary/aromatic N) is 2. The minimum Gasteiger partial charge on any atom is -0.310 e. The van der Waals surface area contributed by atoms with Gasteiger partial charge < -0.3 is 9.47 Å². The van der Waals surface area contributed by atoms with Crippen LogP contribution >= 0.6 is 11.3 Å². The van der Waals surface area contributed by atoms with Crippen LogP contribution in [0.1, 0.15) is 0 Å². The molecule has 0 saturated carbocycles. The molecule has 3 heteroatoms. The molecule has 57 heavy (non-hydrogen) atoms. The molecule has 0 saturated heterocycles. The van der Waals surface area contributed by atoms with Crippen molar-refractivity contribution in [2.45, 2.75) is 0 Å². The summed E-state index contributed by atoms with van der Waals surface area (Å²) in [5, 5.41) is 12.6. The molecule has 0 fully saturated rings. The van der Waals surface area contributed by atoms with Crippen LogP contribution in [0.2, 0.25) is 0 Å². The number of benzene rings is 10. The van der Waals surface area contributed by atoms with Crippen molar-refractivity contribution < 1.29 is 0 Å². The quantitative estimate of drug-likeness (QED) is 0.170. The highest BCUT2D eigenvalue weighted by Crippen LogP contribution is 2.46. The molecule has 12 aromatic rings. The zero-order valence-corrected chi connectivity index (χ0v) is 31.7. The van der Waals surface area contributed by atoms with Gasteiger partial charge >= 0.3 is 0 Å². The molecule has 0 spiro atoms. The van der Waals surface area contributed by atoms with Crippen LogP contribution < -0.4 is 4.90 Å². The standard InChI is InChI=1S/C54H34N2S/c1-3-13-35(14-4-1)48-33-43(29-39-18-10-11-21-44(39)48)55(42-24-27-46-50-30-37-16-7-8-17-38(37)31-52(50)57-53(46)34-42)41-25-28-51-49(32-41)47-26-23-36-15-9-12-22-45(36)54(47)56(51)40-19-5-2-6-20-40/h1-34H. The molecule has 2 nitrogen and oxygen atoms in total. The third-order valence-corrected chi connectivity index (χ3v) is 12.8. The minimum atomic E-state index is 1.11. The molecule has 0 amide bonds. The number of hydrogen-bond donors (Lipinski definition) is 0. The summed E-state index contributed by atoms with van der Waals surface area (Å²) in [5.41, 5.74) is 9.36. The average molecular weight is 743 g/mol. The third kappa shape index (κ3) is 5.10. The van der Waals surface area contributed by atoms with Gasteiger partial charge in [0.15, 0.2) is 0 Å². The maximum absolute atomic E-state index is 2.46. The Bertz CT molecular complexity index is 3520. The molecule has 0 unspecified atom stereocenters. The van der Waals surface area contributed by atoms with Gasteiger partial charge in [0, 0.05) is 59.1 Å². The van der Waals surface area contributed by atoms with Crippen molar-refractivity contribution in [3.63, 3.8) is 0 Å². The Balaban J connectivity index is 1.14. The largest absolute Gasteiger partial charge is 0.310 e. The van der Waals surface area contributed by atoms with E-state index in [1.165, 1.54) is 85.4 Å². The number of rotatable bonds is 5. The van der Waals surface area contributed by atoms with Gasteiger partial charge in [-0.05, 0) is 105 Å². The number of para-hydroxylation sites is 1. The summed E-state index contributed by atoms with van der Waals surface area (Å²) in [5.74, 6) is 0. The second-order valence-corrected chi connectivity index (χ2v) is 16.0. The summed E-state index contributed by atoms with van der Waals surface area (Å²) in [6, 6.07) is 75.9. The monoisotopic (exact) mass is 742 g/mol. The van der Waals surface area contributed by atoms with E-state index >= 15 is 0 Å². The van der Waals surface area contributed by atoms with Gasteiger partial charge in [-0.15, -0.1) is 11.3 Å². The van der Waals surface area contributed by atoms with E-state index in [1.807, 2.05) is 11.3 Å². The van der Waals surface area contributed by atoms with Gasteiger partial charge in [-0.1, -0.05) is 140 Å². The fraction of sp³-hybridized carbons (Fsp3) is 0. The lowest BCUT2D eigenvalue weighted by Gasteiger charge is -2.27. The lowest BCUT2D eigenvalue weighted by atomic mass is 9.96. The first-order chi connectivity index (χ1) is 28.2. The highest BCUT2D eigenvalue weighted by Gasteiger charge is 2.21. The lowest BCUT2D eigenvalue weighted by molar-refractivity contribution is 1.18. The zero-order valence-electron chi connectivity index (χ0n) is 30.9. The van der Waals surface area contributed by atoms with Crippen molar-refractivity contribution in [2.75, 3.05) is 4.90 Å². The molecule has 0 bridgehead atoms. The van der Waals surface area contributed by atoms with Crippen molar-refractivity contribution in [1.29, 1.82) is 0 Å². The first-order valence-corrected chi connectivity index (χ1v) is 20.3. The maximum Gasteiger partial charge on any atom is 0.0619 e. The second-order valence-electron chi connectivity index (χ2n) is 14.9. The predicted molar refractivity (Wildman–Crippen MR) is 246 cm³/mol. The normalized spacial score (nSPS) is 11.9. The fourth-order valence-corrected chi connectivity index (χ4v) is 10.2. The van der Waals surface area contributed by atoms with Crippen LogP contribution in [0.15, 0.2) is 206 Å². The van der Waals surface area contributed by atoms with E-state index in [0.29, 0.717) is 0 Å². The van der Waals surface area contributed by atoms with Gasteiger partial charge in [0.05, 0.1) is 11.0 Å². The first-order valence-electron chi connectivity index (χ1n) is 19.5. The van der Waals surface area contributed by atoms with Gasteiger partial charge in [-0.3, -0.25) is 0 Å². The first kappa shape index (κ1) is 32.1. The van der Waals surface area contributed by atoms with Gasteiger partial charge in [-0.25, -0.2) is 0 Å². The molecular formula is C54H34N2S. The maximum atomic E-state index is 2.46. The van der Waals surface area contributed by atoms with E-state index < -0.39 is 0 Å². The highest BCUT2D eigenvalue weighted by molar-refractivity contribution is 7.26. The highest BCUT2D eigenvalue weighted by atomic mass is 32.1. The van der Waals surface area contributed by atoms with Crippen molar-refractivity contribution in [1.82, 2.24) is 4.57 Å². The van der Waals surface area contributed by atoms with Gasteiger partial charge in [0.1, 0.15) is 0 Å². The summed E-state index contributed by atoms with van der Waals surface area (Å²) < 4.78 is 5.03. The molecule has 12 rings (SSSR count).